The molecule has 2 aromatic rings. The normalized spacial score (nSPS) is 14.6. The van der Waals surface area contributed by atoms with Crippen LogP contribution in [0.15, 0.2) is 28.8 Å². The summed E-state index contributed by atoms with van der Waals surface area (Å²) >= 11 is 0. The minimum absolute atomic E-state index is 0.169. The molecule has 0 saturated heterocycles. The average molecular weight is 331 g/mol. The quantitative estimate of drug-likeness (QED) is 0.876. The Bertz CT molecular complexity index is 714. The Morgan fingerprint density at radius 1 is 1.25 bits per heavy atom. The maximum Gasteiger partial charge on any atom is 0.248 e. The number of hydrogen-bond acceptors (Lipinski definition) is 6. The highest BCUT2D eigenvalue weighted by molar-refractivity contribution is 5.95. The molecule has 1 aliphatic heterocycles. The van der Waals surface area contributed by atoms with Crippen molar-refractivity contribution in [1.29, 1.82) is 0 Å². The first kappa shape index (κ1) is 16.2. The summed E-state index contributed by atoms with van der Waals surface area (Å²) in [4.78, 5) is 12.4. The van der Waals surface area contributed by atoms with E-state index in [0.29, 0.717) is 37.0 Å². The van der Waals surface area contributed by atoms with Crippen LogP contribution >= 0.6 is 0 Å². The van der Waals surface area contributed by atoms with Gasteiger partial charge in [0.25, 0.3) is 0 Å². The maximum atomic E-state index is 12.4. The van der Waals surface area contributed by atoms with Crippen molar-refractivity contribution in [2.24, 2.45) is 0 Å². The van der Waals surface area contributed by atoms with E-state index in [9.17, 15) is 4.79 Å². The summed E-state index contributed by atoms with van der Waals surface area (Å²) < 4.78 is 16.2. The topological polar surface area (TPSA) is 85.6 Å². The lowest BCUT2D eigenvalue weighted by Crippen LogP contribution is -2.34. The zero-order chi connectivity index (χ0) is 16.9. The molecule has 1 atom stereocenters. The van der Waals surface area contributed by atoms with Crippen LogP contribution in [0.2, 0.25) is 0 Å². The molecule has 0 radical (unpaired) electrons. The van der Waals surface area contributed by atoms with Crippen molar-refractivity contribution >= 4 is 17.4 Å². The van der Waals surface area contributed by atoms with Gasteiger partial charge >= 0.3 is 0 Å². The number of nitrogens with one attached hydrogen (secondary N) is 2. The van der Waals surface area contributed by atoms with Gasteiger partial charge in [0.2, 0.25) is 5.91 Å². The molecule has 24 heavy (non-hydrogen) atoms. The van der Waals surface area contributed by atoms with Gasteiger partial charge in [-0.2, -0.15) is 0 Å². The van der Waals surface area contributed by atoms with Crippen LogP contribution in [0.1, 0.15) is 25.5 Å². The summed E-state index contributed by atoms with van der Waals surface area (Å²) in [5.74, 6) is 2.32. The van der Waals surface area contributed by atoms with E-state index in [1.165, 1.54) is 0 Å². The molecule has 1 unspecified atom stereocenters. The highest BCUT2D eigenvalue weighted by atomic mass is 16.5. The third-order valence-electron chi connectivity index (χ3n) is 3.69. The van der Waals surface area contributed by atoms with Gasteiger partial charge < -0.3 is 24.6 Å². The van der Waals surface area contributed by atoms with E-state index < -0.39 is 6.04 Å². The number of fused-ring (bicyclic) bond motifs is 1. The summed E-state index contributed by atoms with van der Waals surface area (Å²) in [6, 6.07) is 6.87. The number of hydrogen-bond donors (Lipinski definition) is 2. The largest absolute Gasteiger partial charge is 0.490 e. The lowest BCUT2D eigenvalue weighted by molar-refractivity contribution is -0.117. The molecule has 7 heteroatoms. The monoisotopic (exact) mass is 331 g/mol. The lowest BCUT2D eigenvalue weighted by Gasteiger charge is -2.18. The number of anilines is 2. The number of benzene rings is 1. The fourth-order valence-electron chi connectivity index (χ4n) is 2.45. The van der Waals surface area contributed by atoms with Crippen LogP contribution < -0.4 is 20.1 Å². The van der Waals surface area contributed by atoms with Gasteiger partial charge in [-0.05, 0) is 25.5 Å². The van der Waals surface area contributed by atoms with Crippen LogP contribution in [0.3, 0.4) is 0 Å². The Balaban J connectivity index is 1.68. The fourth-order valence-corrected chi connectivity index (χ4v) is 2.45. The first-order valence-corrected chi connectivity index (χ1v) is 8.06. The summed E-state index contributed by atoms with van der Waals surface area (Å²) in [7, 11) is 0. The Morgan fingerprint density at radius 3 is 2.75 bits per heavy atom. The number of amides is 1. The molecule has 1 amide bonds. The third kappa shape index (κ3) is 3.79. The number of rotatable bonds is 5. The molecule has 128 valence electrons. The van der Waals surface area contributed by atoms with Gasteiger partial charge in [0, 0.05) is 24.2 Å². The number of aromatic nitrogens is 1. The Labute approximate surface area is 140 Å². The Kier molecular flexibility index (Phi) is 4.88. The first-order valence-electron chi connectivity index (χ1n) is 8.06. The van der Waals surface area contributed by atoms with Crippen LogP contribution in [0, 0.1) is 6.92 Å². The van der Waals surface area contributed by atoms with Gasteiger partial charge in [0.1, 0.15) is 11.8 Å². The molecule has 1 aromatic carbocycles. The summed E-state index contributed by atoms with van der Waals surface area (Å²) in [6.07, 6.45) is 1.48. The second-order valence-electron chi connectivity index (χ2n) is 5.63. The molecule has 3 rings (SSSR count). The van der Waals surface area contributed by atoms with E-state index in [-0.39, 0.29) is 5.91 Å². The van der Waals surface area contributed by atoms with Gasteiger partial charge in [-0.3, -0.25) is 4.79 Å². The van der Waals surface area contributed by atoms with Gasteiger partial charge in [-0.25, -0.2) is 0 Å². The van der Waals surface area contributed by atoms with Crippen molar-refractivity contribution in [1.82, 2.24) is 5.16 Å². The number of carbonyl (C=O) groups excluding carboxylic acids is 1. The van der Waals surface area contributed by atoms with Gasteiger partial charge in [-0.15, -0.1) is 0 Å². The number of nitrogens with zero attached hydrogens (tertiary/aromatic N) is 1. The average Bonchev–Trinajstić information content (AvgIpc) is 2.84. The highest BCUT2D eigenvalue weighted by Crippen LogP contribution is 2.32. The predicted octanol–water partition coefficient (Wildman–Crippen LogP) is 2.97. The molecule has 0 bridgehead atoms. The molecule has 0 fully saturated rings. The number of ether oxygens (including phenoxy) is 2. The van der Waals surface area contributed by atoms with E-state index in [4.69, 9.17) is 14.0 Å². The molecular weight excluding hydrogens is 310 g/mol. The van der Waals surface area contributed by atoms with Crippen LogP contribution in [0.25, 0.3) is 0 Å². The molecule has 0 aliphatic carbocycles. The first-order chi connectivity index (χ1) is 11.7. The molecule has 7 nitrogen and oxygen atoms in total. The lowest BCUT2D eigenvalue weighted by atomic mass is 10.2. The van der Waals surface area contributed by atoms with Crippen LogP contribution in [-0.2, 0) is 4.79 Å². The third-order valence-corrected chi connectivity index (χ3v) is 3.69. The maximum absolute atomic E-state index is 12.4. The van der Waals surface area contributed by atoms with Crippen molar-refractivity contribution in [2.45, 2.75) is 32.7 Å². The highest BCUT2D eigenvalue weighted by Gasteiger charge is 2.19. The van der Waals surface area contributed by atoms with Crippen LogP contribution in [0.5, 0.6) is 11.5 Å². The van der Waals surface area contributed by atoms with E-state index in [1.54, 1.807) is 13.0 Å². The Hall–Kier alpha value is -2.70. The van der Waals surface area contributed by atoms with Gasteiger partial charge in [-0.1, -0.05) is 12.1 Å². The summed E-state index contributed by atoms with van der Waals surface area (Å²) in [5.41, 5.74) is 0.803. The Morgan fingerprint density at radius 2 is 2.04 bits per heavy atom. The van der Waals surface area contributed by atoms with Gasteiger partial charge in [0.05, 0.1) is 13.2 Å². The fraction of sp³-hybridized carbons (Fsp3) is 0.412. The van der Waals surface area contributed by atoms with Crippen molar-refractivity contribution in [3.8, 4) is 11.5 Å². The molecule has 0 spiro atoms. The van der Waals surface area contributed by atoms with E-state index in [2.05, 4.69) is 15.8 Å². The number of aryl methyl sites for hydroxylation is 1. The van der Waals surface area contributed by atoms with Gasteiger partial charge in [0.15, 0.2) is 17.3 Å². The van der Waals surface area contributed by atoms with E-state index >= 15 is 0 Å². The number of carbonyl (C=O) groups is 1. The molecule has 2 N–H and O–H groups in total. The SMILES string of the molecule is CCC(Nc1ccc2c(c1)OCCCO2)C(=O)Nc1cc(C)on1. The van der Waals surface area contributed by atoms with Crippen molar-refractivity contribution in [3.63, 3.8) is 0 Å². The predicted molar refractivity (Wildman–Crippen MR) is 89.6 cm³/mol. The second kappa shape index (κ2) is 7.25. The minimum atomic E-state index is -0.397. The van der Waals surface area contributed by atoms with Crippen molar-refractivity contribution in [2.75, 3.05) is 23.8 Å². The second-order valence-corrected chi connectivity index (χ2v) is 5.63. The zero-order valence-electron chi connectivity index (χ0n) is 13.8. The van der Waals surface area contributed by atoms with E-state index in [1.807, 2.05) is 25.1 Å². The molecule has 2 heterocycles. The van der Waals surface area contributed by atoms with Crippen LogP contribution in [-0.4, -0.2) is 30.3 Å². The molecular formula is C17H21N3O4. The molecule has 1 aliphatic rings. The van der Waals surface area contributed by atoms with Crippen molar-refractivity contribution < 1.29 is 18.8 Å². The summed E-state index contributed by atoms with van der Waals surface area (Å²) in [6.45, 7) is 4.99. The smallest absolute Gasteiger partial charge is 0.248 e. The summed E-state index contributed by atoms with van der Waals surface area (Å²) in [5, 5.41) is 9.74. The van der Waals surface area contributed by atoms with Crippen molar-refractivity contribution in [3.05, 3.63) is 30.0 Å². The standard InChI is InChI=1S/C17H21N3O4/c1-3-13(17(21)19-16-9-11(2)24-20-16)18-12-5-6-14-15(10-12)23-8-4-7-22-14/h5-6,9-10,13,18H,3-4,7-8H2,1-2H3,(H,19,20,21). The molecule has 1 aromatic heterocycles. The molecule has 0 saturated carbocycles. The van der Waals surface area contributed by atoms with Crippen LogP contribution in [0.4, 0.5) is 11.5 Å². The minimum Gasteiger partial charge on any atom is -0.490 e. The zero-order valence-corrected chi connectivity index (χ0v) is 13.8. The van der Waals surface area contributed by atoms with E-state index in [0.717, 1.165) is 17.9 Å².